The summed E-state index contributed by atoms with van der Waals surface area (Å²) >= 11 is 9.13. The van der Waals surface area contributed by atoms with Crippen LogP contribution < -0.4 is 20.5 Å². The lowest BCUT2D eigenvalue weighted by Gasteiger charge is -2.12. The summed E-state index contributed by atoms with van der Waals surface area (Å²) in [5, 5.41) is 12.5. The smallest absolute Gasteiger partial charge is 0.266 e. The molecular weight excluding hydrogens is 450 g/mol. The number of benzene rings is 2. The van der Waals surface area contributed by atoms with Crippen LogP contribution in [0.25, 0.3) is 6.08 Å². The van der Waals surface area contributed by atoms with E-state index in [1.165, 1.54) is 13.2 Å². The summed E-state index contributed by atoms with van der Waals surface area (Å²) in [6, 6.07) is 11.5. The van der Waals surface area contributed by atoms with Gasteiger partial charge >= 0.3 is 0 Å². The first-order valence-electron chi connectivity index (χ1n) is 7.81. The SMILES string of the molecule is COc1cc(/C=C(\C#N)C(=O)Nc2ccc(Cl)cc2)cc(Br)c1OCC(N)=O. The second-order valence-corrected chi connectivity index (χ2v) is 6.71. The minimum atomic E-state index is -0.636. The molecule has 7 nitrogen and oxygen atoms in total. The van der Waals surface area contributed by atoms with E-state index in [9.17, 15) is 14.9 Å². The molecule has 0 fully saturated rings. The predicted octanol–water partition coefficient (Wildman–Crippen LogP) is 3.52. The Morgan fingerprint density at radius 1 is 1.32 bits per heavy atom. The fraction of sp³-hybridized carbons (Fsp3) is 0.105. The largest absolute Gasteiger partial charge is 0.493 e. The molecule has 0 bridgehead atoms. The molecule has 0 radical (unpaired) electrons. The van der Waals surface area contributed by atoms with E-state index >= 15 is 0 Å². The third-order valence-electron chi connectivity index (χ3n) is 3.39. The first-order chi connectivity index (χ1) is 13.3. The Bertz CT molecular complexity index is 968. The number of carbonyl (C=O) groups excluding carboxylic acids is 2. The van der Waals surface area contributed by atoms with Crippen molar-refractivity contribution < 1.29 is 19.1 Å². The number of halogens is 2. The van der Waals surface area contributed by atoms with Crippen LogP contribution in [-0.2, 0) is 9.59 Å². The molecular formula is C19H15BrClN3O4. The predicted molar refractivity (Wildman–Crippen MR) is 109 cm³/mol. The Morgan fingerprint density at radius 2 is 2.00 bits per heavy atom. The molecule has 9 heteroatoms. The van der Waals surface area contributed by atoms with E-state index in [4.69, 9.17) is 26.8 Å². The molecule has 0 heterocycles. The number of nitrogens with one attached hydrogen (secondary N) is 1. The van der Waals surface area contributed by atoms with E-state index in [0.29, 0.717) is 26.5 Å². The number of nitrogens with two attached hydrogens (primary N) is 1. The van der Waals surface area contributed by atoms with E-state index in [1.807, 2.05) is 6.07 Å². The molecule has 0 spiro atoms. The van der Waals surface area contributed by atoms with E-state index in [2.05, 4.69) is 21.2 Å². The summed E-state index contributed by atoms with van der Waals surface area (Å²) in [7, 11) is 1.42. The van der Waals surface area contributed by atoms with E-state index < -0.39 is 11.8 Å². The molecule has 0 aliphatic carbocycles. The number of hydrogen-bond acceptors (Lipinski definition) is 5. The molecule has 0 aromatic heterocycles. The Morgan fingerprint density at radius 3 is 2.57 bits per heavy atom. The van der Waals surface area contributed by atoms with Crippen molar-refractivity contribution in [3.8, 4) is 17.6 Å². The fourth-order valence-corrected chi connectivity index (χ4v) is 2.85. The van der Waals surface area contributed by atoms with Gasteiger partial charge in [0.25, 0.3) is 11.8 Å². The van der Waals surface area contributed by atoms with Gasteiger partial charge < -0.3 is 20.5 Å². The van der Waals surface area contributed by atoms with Crippen LogP contribution in [0, 0.1) is 11.3 Å². The molecule has 2 aromatic rings. The number of rotatable bonds is 7. The van der Waals surface area contributed by atoms with Crippen LogP contribution in [0.4, 0.5) is 5.69 Å². The minimum absolute atomic E-state index is 0.116. The summed E-state index contributed by atoms with van der Waals surface area (Å²) < 4.78 is 11.0. The maximum absolute atomic E-state index is 12.4. The topological polar surface area (TPSA) is 114 Å². The fourth-order valence-electron chi connectivity index (χ4n) is 2.15. The average molecular weight is 465 g/mol. The Kier molecular flexibility index (Phi) is 7.44. The van der Waals surface area contributed by atoms with Crippen LogP contribution in [-0.4, -0.2) is 25.5 Å². The summed E-state index contributed by atoms with van der Waals surface area (Å²) in [5.74, 6) is -0.627. The maximum atomic E-state index is 12.4. The van der Waals surface area contributed by atoms with Crippen LogP contribution in [0.1, 0.15) is 5.56 Å². The summed E-state index contributed by atoms with van der Waals surface area (Å²) in [6.45, 7) is -0.322. The Balaban J connectivity index is 2.28. The zero-order valence-electron chi connectivity index (χ0n) is 14.7. The van der Waals surface area contributed by atoms with Gasteiger partial charge in [0.1, 0.15) is 11.6 Å². The molecule has 0 atom stereocenters. The number of methoxy groups -OCH3 is 1. The first kappa shape index (κ1) is 21.3. The summed E-state index contributed by atoms with van der Waals surface area (Å²) in [6.07, 6.45) is 1.40. The van der Waals surface area contributed by atoms with Crippen LogP contribution in [0.15, 0.2) is 46.4 Å². The van der Waals surface area contributed by atoms with Crippen LogP contribution in [0.5, 0.6) is 11.5 Å². The molecule has 28 heavy (non-hydrogen) atoms. The average Bonchev–Trinajstić information content (AvgIpc) is 2.66. The number of carbonyl (C=O) groups is 2. The molecule has 3 N–H and O–H groups in total. The lowest BCUT2D eigenvalue weighted by Crippen LogP contribution is -2.20. The van der Waals surface area contributed by atoms with Crippen LogP contribution in [0.2, 0.25) is 5.02 Å². The molecule has 0 aliphatic heterocycles. The maximum Gasteiger partial charge on any atom is 0.266 e. The van der Waals surface area contributed by atoms with Gasteiger partial charge in [0.15, 0.2) is 18.1 Å². The monoisotopic (exact) mass is 463 g/mol. The zero-order valence-corrected chi connectivity index (χ0v) is 17.0. The van der Waals surface area contributed by atoms with Gasteiger partial charge in [-0.05, 0) is 64.0 Å². The second-order valence-electron chi connectivity index (χ2n) is 5.42. The van der Waals surface area contributed by atoms with Crippen molar-refractivity contribution in [3.63, 3.8) is 0 Å². The summed E-state index contributed by atoms with van der Waals surface area (Å²) in [5.41, 5.74) is 5.98. The third-order valence-corrected chi connectivity index (χ3v) is 4.23. The lowest BCUT2D eigenvalue weighted by atomic mass is 10.1. The van der Waals surface area contributed by atoms with E-state index in [1.54, 1.807) is 36.4 Å². The molecule has 2 aromatic carbocycles. The molecule has 144 valence electrons. The number of anilines is 1. The molecule has 0 unspecified atom stereocenters. The van der Waals surface area contributed by atoms with Gasteiger partial charge in [-0.1, -0.05) is 11.6 Å². The molecule has 0 saturated carbocycles. The van der Waals surface area contributed by atoms with Gasteiger partial charge in [-0.2, -0.15) is 5.26 Å². The number of ether oxygens (including phenoxy) is 2. The van der Waals surface area contributed by atoms with E-state index in [0.717, 1.165) is 0 Å². The quantitative estimate of drug-likeness (QED) is 0.480. The number of nitrogens with zero attached hydrogens (tertiary/aromatic N) is 1. The van der Waals surface area contributed by atoms with Gasteiger partial charge in [-0.15, -0.1) is 0 Å². The molecule has 2 rings (SSSR count). The normalized spacial score (nSPS) is 10.7. The molecule has 2 amide bonds. The van der Waals surface area contributed by atoms with Gasteiger partial charge in [-0.25, -0.2) is 0 Å². The third kappa shape index (κ3) is 5.74. The van der Waals surface area contributed by atoms with Crippen molar-refractivity contribution in [1.29, 1.82) is 5.26 Å². The Labute approximate surface area is 174 Å². The van der Waals surface area contributed by atoms with E-state index in [-0.39, 0.29) is 17.9 Å². The zero-order chi connectivity index (χ0) is 20.7. The molecule has 0 aliphatic rings. The number of primary amides is 1. The van der Waals surface area contributed by atoms with Crippen LogP contribution >= 0.6 is 27.5 Å². The highest BCUT2D eigenvalue weighted by atomic mass is 79.9. The van der Waals surface area contributed by atoms with Crippen molar-refractivity contribution in [3.05, 3.63) is 57.0 Å². The van der Waals surface area contributed by atoms with Gasteiger partial charge in [0.05, 0.1) is 11.6 Å². The van der Waals surface area contributed by atoms with Crippen molar-refractivity contribution in [2.75, 3.05) is 19.0 Å². The van der Waals surface area contributed by atoms with Crippen LogP contribution in [0.3, 0.4) is 0 Å². The second kappa shape index (κ2) is 9.78. The Hall–Kier alpha value is -3.02. The van der Waals surface area contributed by atoms with Crippen molar-refractivity contribution in [2.24, 2.45) is 5.73 Å². The van der Waals surface area contributed by atoms with Crippen molar-refractivity contribution in [1.82, 2.24) is 0 Å². The minimum Gasteiger partial charge on any atom is -0.493 e. The lowest BCUT2D eigenvalue weighted by molar-refractivity contribution is -0.120. The van der Waals surface area contributed by atoms with Gasteiger partial charge in [0, 0.05) is 10.7 Å². The highest BCUT2D eigenvalue weighted by Crippen LogP contribution is 2.37. The highest BCUT2D eigenvalue weighted by Gasteiger charge is 2.14. The van der Waals surface area contributed by atoms with Crippen molar-refractivity contribution in [2.45, 2.75) is 0 Å². The number of hydrogen-bond donors (Lipinski definition) is 2. The van der Waals surface area contributed by atoms with Gasteiger partial charge in [-0.3, -0.25) is 9.59 Å². The highest BCUT2D eigenvalue weighted by molar-refractivity contribution is 9.10. The number of nitriles is 1. The van der Waals surface area contributed by atoms with Gasteiger partial charge in [0.2, 0.25) is 0 Å². The van der Waals surface area contributed by atoms with Crippen molar-refractivity contribution >= 4 is 51.1 Å². The summed E-state index contributed by atoms with van der Waals surface area (Å²) in [4.78, 5) is 23.3. The standard InChI is InChI=1S/C19H15BrClN3O4/c1-27-16-8-11(7-15(20)18(16)28-10-17(23)25)6-12(9-22)19(26)24-14-4-2-13(21)3-5-14/h2-8H,10H2,1H3,(H2,23,25)(H,24,26)/b12-6+. The number of amides is 2. The first-order valence-corrected chi connectivity index (χ1v) is 8.98. The molecule has 0 saturated heterocycles.